The van der Waals surface area contributed by atoms with Crippen molar-refractivity contribution in [3.8, 4) is 0 Å². The van der Waals surface area contributed by atoms with Crippen molar-refractivity contribution >= 4 is 5.97 Å². The molecule has 5 nitrogen and oxygen atoms in total. The molecule has 5 heteroatoms. The first kappa shape index (κ1) is 14.1. The SMILES string of the molecule is CC(C)C(NCc1ccn(C2CCCC2)n1)C(=O)O. The van der Waals surface area contributed by atoms with Crippen molar-refractivity contribution in [3.63, 3.8) is 0 Å². The molecular formula is C14H23N3O2. The lowest BCUT2D eigenvalue weighted by molar-refractivity contribution is -0.140. The summed E-state index contributed by atoms with van der Waals surface area (Å²) in [6, 6.07) is 2.00. The molecule has 0 spiro atoms. The highest BCUT2D eigenvalue weighted by molar-refractivity contribution is 5.73. The number of carboxylic acids is 1. The first-order chi connectivity index (χ1) is 9.08. The minimum atomic E-state index is -0.801. The second kappa shape index (κ2) is 6.19. The first-order valence-corrected chi connectivity index (χ1v) is 7.08. The molecule has 19 heavy (non-hydrogen) atoms. The molecule has 0 amide bonds. The van der Waals surface area contributed by atoms with E-state index in [4.69, 9.17) is 5.11 Å². The van der Waals surface area contributed by atoms with Crippen LogP contribution in [0.3, 0.4) is 0 Å². The summed E-state index contributed by atoms with van der Waals surface area (Å²) >= 11 is 0. The van der Waals surface area contributed by atoms with E-state index in [0.717, 1.165) is 5.69 Å². The van der Waals surface area contributed by atoms with Crippen molar-refractivity contribution in [1.29, 1.82) is 0 Å². The number of aliphatic carboxylic acids is 1. The van der Waals surface area contributed by atoms with Gasteiger partial charge in [0.15, 0.2) is 0 Å². The van der Waals surface area contributed by atoms with Gasteiger partial charge in [0.1, 0.15) is 6.04 Å². The zero-order valence-electron chi connectivity index (χ0n) is 11.7. The van der Waals surface area contributed by atoms with Crippen LogP contribution in [0.25, 0.3) is 0 Å². The van der Waals surface area contributed by atoms with Gasteiger partial charge in [-0.25, -0.2) is 0 Å². The lowest BCUT2D eigenvalue weighted by Crippen LogP contribution is -2.40. The maximum Gasteiger partial charge on any atom is 0.320 e. The van der Waals surface area contributed by atoms with Crippen LogP contribution in [0.2, 0.25) is 0 Å². The predicted molar refractivity (Wildman–Crippen MR) is 72.8 cm³/mol. The maximum absolute atomic E-state index is 11.1. The van der Waals surface area contributed by atoms with Gasteiger partial charge in [-0.1, -0.05) is 26.7 Å². The second-order valence-corrected chi connectivity index (χ2v) is 5.67. The first-order valence-electron chi connectivity index (χ1n) is 7.08. The average molecular weight is 265 g/mol. The fourth-order valence-electron chi connectivity index (χ4n) is 2.67. The predicted octanol–water partition coefficient (Wildman–Crippen LogP) is 2.20. The molecule has 1 aliphatic rings. The van der Waals surface area contributed by atoms with E-state index >= 15 is 0 Å². The number of hydrogen-bond donors (Lipinski definition) is 2. The fourth-order valence-corrected chi connectivity index (χ4v) is 2.67. The minimum absolute atomic E-state index is 0.0643. The highest BCUT2D eigenvalue weighted by atomic mass is 16.4. The number of rotatable bonds is 6. The maximum atomic E-state index is 11.1. The molecule has 1 saturated carbocycles. The van der Waals surface area contributed by atoms with E-state index in [9.17, 15) is 4.79 Å². The summed E-state index contributed by atoms with van der Waals surface area (Å²) in [5.74, 6) is -0.736. The number of nitrogens with one attached hydrogen (secondary N) is 1. The summed E-state index contributed by atoms with van der Waals surface area (Å²) in [6.07, 6.45) is 6.99. The number of carbonyl (C=O) groups is 1. The highest BCUT2D eigenvalue weighted by Crippen LogP contribution is 2.28. The van der Waals surface area contributed by atoms with Crippen LogP contribution in [0.1, 0.15) is 51.3 Å². The number of hydrogen-bond acceptors (Lipinski definition) is 3. The minimum Gasteiger partial charge on any atom is -0.480 e. The van der Waals surface area contributed by atoms with Crippen LogP contribution in [0.15, 0.2) is 12.3 Å². The van der Waals surface area contributed by atoms with Crippen LogP contribution in [0, 0.1) is 5.92 Å². The van der Waals surface area contributed by atoms with Gasteiger partial charge in [-0.15, -0.1) is 0 Å². The third kappa shape index (κ3) is 3.56. The Labute approximate surface area is 114 Å². The topological polar surface area (TPSA) is 67.2 Å². The summed E-state index contributed by atoms with van der Waals surface area (Å²) in [5.41, 5.74) is 0.916. The van der Waals surface area contributed by atoms with Crippen LogP contribution >= 0.6 is 0 Å². The molecule has 2 N–H and O–H groups in total. The largest absolute Gasteiger partial charge is 0.480 e. The Morgan fingerprint density at radius 1 is 1.53 bits per heavy atom. The second-order valence-electron chi connectivity index (χ2n) is 5.67. The Hall–Kier alpha value is -1.36. The van der Waals surface area contributed by atoms with Gasteiger partial charge >= 0.3 is 5.97 Å². The molecule has 0 bridgehead atoms. The van der Waals surface area contributed by atoms with Gasteiger partial charge in [0.05, 0.1) is 11.7 Å². The Bertz CT molecular complexity index is 422. The van der Waals surface area contributed by atoms with Crippen molar-refractivity contribution in [1.82, 2.24) is 15.1 Å². The van der Waals surface area contributed by atoms with Gasteiger partial charge in [-0.3, -0.25) is 14.8 Å². The van der Waals surface area contributed by atoms with Crippen LogP contribution < -0.4 is 5.32 Å². The Balaban J connectivity index is 1.90. The van der Waals surface area contributed by atoms with E-state index in [2.05, 4.69) is 10.4 Å². The lowest BCUT2D eigenvalue weighted by atomic mass is 10.0. The molecule has 1 unspecified atom stereocenters. The Morgan fingerprint density at radius 2 is 2.21 bits per heavy atom. The molecule has 0 aliphatic heterocycles. The van der Waals surface area contributed by atoms with Crippen LogP contribution in [0.5, 0.6) is 0 Å². The van der Waals surface area contributed by atoms with E-state index in [1.165, 1.54) is 25.7 Å². The molecular weight excluding hydrogens is 242 g/mol. The van der Waals surface area contributed by atoms with E-state index in [0.29, 0.717) is 12.6 Å². The van der Waals surface area contributed by atoms with Gasteiger partial charge in [0.25, 0.3) is 0 Å². The van der Waals surface area contributed by atoms with Crippen molar-refractivity contribution in [2.75, 3.05) is 0 Å². The van der Waals surface area contributed by atoms with Gasteiger partial charge in [0, 0.05) is 12.7 Å². The number of aromatic nitrogens is 2. The van der Waals surface area contributed by atoms with Gasteiger partial charge in [0.2, 0.25) is 0 Å². The normalized spacial score (nSPS) is 18.1. The lowest BCUT2D eigenvalue weighted by Gasteiger charge is -2.17. The fraction of sp³-hybridized carbons (Fsp3) is 0.714. The third-order valence-electron chi connectivity index (χ3n) is 3.80. The highest BCUT2D eigenvalue weighted by Gasteiger charge is 2.21. The molecule has 1 aliphatic carbocycles. The van der Waals surface area contributed by atoms with Crippen molar-refractivity contribution in [2.45, 2.75) is 58.2 Å². The summed E-state index contributed by atoms with van der Waals surface area (Å²) in [7, 11) is 0. The van der Waals surface area contributed by atoms with Crippen LogP contribution in [0.4, 0.5) is 0 Å². The van der Waals surface area contributed by atoms with Crippen molar-refractivity contribution in [3.05, 3.63) is 18.0 Å². The van der Waals surface area contributed by atoms with Crippen molar-refractivity contribution < 1.29 is 9.90 Å². The number of carboxylic acid groups (broad SMARTS) is 1. The monoisotopic (exact) mass is 265 g/mol. The van der Waals surface area contributed by atoms with E-state index in [-0.39, 0.29) is 5.92 Å². The summed E-state index contributed by atoms with van der Waals surface area (Å²) in [4.78, 5) is 11.1. The molecule has 1 atom stereocenters. The smallest absolute Gasteiger partial charge is 0.320 e. The molecule has 2 rings (SSSR count). The summed E-state index contributed by atoms with van der Waals surface area (Å²) in [5, 5.41) is 16.7. The Kier molecular flexibility index (Phi) is 4.58. The average Bonchev–Trinajstić information content (AvgIpc) is 2.98. The van der Waals surface area contributed by atoms with Gasteiger partial charge < -0.3 is 5.11 Å². The van der Waals surface area contributed by atoms with Gasteiger partial charge in [-0.05, 0) is 24.8 Å². The van der Waals surface area contributed by atoms with Crippen LogP contribution in [-0.4, -0.2) is 26.9 Å². The molecule has 1 heterocycles. The van der Waals surface area contributed by atoms with E-state index < -0.39 is 12.0 Å². The molecule has 1 aromatic heterocycles. The zero-order chi connectivity index (χ0) is 13.8. The standard InChI is InChI=1S/C14H23N3O2/c1-10(2)13(14(18)19)15-9-11-7-8-17(16-11)12-5-3-4-6-12/h7-8,10,12-13,15H,3-6,9H2,1-2H3,(H,18,19). The molecule has 1 fully saturated rings. The van der Waals surface area contributed by atoms with E-state index in [1.807, 2.05) is 30.8 Å². The van der Waals surface area contributed by atoms with Crippen molar-refractivity contribution in [2.24, 2.45) is 5.92 Å². The van der Waals surface area contributed by atoms with Gasteiger partial charge in [-0.2, -0.15) is 5.10 Å². The van der Waals surface area contributed by atoms with Crippen LogP contribution in [-0.2, 0) is 11.3 Å². The third-order valence-corrected chi connectivity index (χ3v) is 3.80. The molecule has 1 aromatic rings. The molecule has 0 radical (unpaired) electrons. The molecule has 0 aromatic carbocycles. The number of nitrogens with zero attached hydrogens (tertiary/aromatic N) is 2. The molecule has 0 saturated heterocycles. The quantitative estimate of drug-likeness (QED) is 0.827. The summed E-state index contributed by atoms with van der Waals surface area (Å²) < 4.78 is 2.04. The Morgan fingerprint density at radius 3 is 2.79 bits per heavy atom. The van der Waals surface area contributed by atoms with E-state index in [1.54, 1.807) is 0 Å². The summed E-state index contributed by atoms with van der Waals surface area (Å²) in [6.45, 7) is 4.32. The zero-order valence-corrected chi connectivity index (χ0v) is 11.7. The molecule has 106 valence electrons.